The quantitative estimate of drug-likeness (QED) is 0.615. The van der Waals surface area contributed by atoms with Gasteiger partial charge in [-0.15, -0.1) is 0 Å². The Hall–Kier alpha value is -1.04. The zero-order valence-electron chi connectivity index (χ0n) is 9.30. The Balaban J connectivity index is 4.36. The van der Waals surface area contributed by atoms with Gasteiger partial charge < -0.3 is 4.74 Å². The Morgan fingerprint density at radius 1 is 1.43 bits per heavy atom. The molecule has 0 aliphatic rings. The second-order valence-electron chi connectivity index (χ2n) is 3.48. The monoisotopic (exact) mass is 197 g/mol. The van der Waals surface area contributed by atoms with E-state index in [4.69, 9.17) is 10.00 Å². The molecule has 0 radical (unpaired) electrons. The first-order valence-corrected chi connectivity index (χ1v) is 5.21. The van der Waals surface area contributed by atoms with Crippen molar-refractivity contribution in [2.45, 2.75) is 46.5 Å². The maximum Gasteiger partial charge on any atom is 0.307 e. The number of esters is 1. The lowest BCUT2D eigenvalue weighted by Gasteiger charge is -2.22. The molecule has 0 amide bonds. The van der Waals surface area contributed by atoms with Crippen LogP contribution in [0.3, 0.4) is 0 Å². The molecule has 0 bridgehead atoms. The van der Waals surface area contributed by atoms with Crippen molar-refractivity contribution in [1.82, 2.24) is 0 Å². The average Bonchev–Trinajstić information content (AvgIpc) is 2.17. The van der Waals surface area contributed by atoms with E-state index in [1.807, 2.05) is 13.8 Å². The minimum absolute atomic E-state index is 0.224. The van der Waals surface area contributed by atoms with Crippen LogP contribution in [-0.4, -0.2) is 12.6 Å². The minimum atomic E-state index is -0.513. The third kappa shape index (κ3) is 3.78. The van der Waals surface area contributed by atoms with Crippen molar-refractivity contribution in [3.63, 3.8) is 0 Å². The first-order valence-electron chi connectivity index (χ1n) is 5.21. The largest absolute Gasteiger partial charge is 0.466 e. The van der Waals surface area contributed by atoms with E-state index in [1.54, 1.807) is 6.92 Å². The van der Waals surface area contributed by atoms with E-state index in [1.165, 1.54) is 0 Å². The number of rotatable bonds is 6. The molecule has 1 atom stereocenters. The number of nitrogens with zero attached hydrogens (tertiary/aromatic N) is 1. The van der Waals surface area contributed by atoms with Crippen LogP contribution in [-0.2, 0) is 9.53 Å². The van der Waals surface area contributed by atoms with Crippen LogP contribution in [0.2, 0.25) is 0 Å². The number of ether oxygens (including phenoxy) is 1. The Labute approximate surface area is 86.1 Å². The normalized spacial score (nSPS) is 14.1. The van der Waals surface area contributed by atoms with Crippen molar-refractivity contribution in [3.05, 3.63) is 0 Å². The Kier molecular flexibility index (Phi) is 5.94. The van der Waals surface area contributed by atoms with Crippen molar-refractivity contribution in [2.24, 2.45) is 5.41 Å². The van der Waals surface area contributed by atoms with Crippen LogP contribution in [0, 0.1) is 16.7 Å². The van der Waals surface area contributed by atoms with Crippen molar-refractivity contribution in [2.75, 3.05) is 6.61 Å². The fraction of sp³-hybridized carbons (Fsp3) is 0.818. The number of hydrogen-bond donors (Lipinski definition) is 0. The summed E-state index contributed by atoms with van der Waals surface area (Å²) in [5, 5.41) is 9.07. The molecule has 0 saturated carbocycles. The first-order chi connectivity index (χ1) is 6.64. The fourth-order valence-corrected chi connectivity index (χ4v) is 1.53. The van der Waals surface area contributed by atoms with Crippen molar-refractivity contribution in [1.29, 1.82) is 5.26 Å². The SMILES string of the molecule is CCCC(C#N)(CC)CC(=O)OCC. The van der Waals surface area contributed by atoms with Gasteiger partial charge in [0.25, 0.3) is 0 Å². The topological polar surface area (TPSA) is 50.1 Å². The van der Waals surface area contributed by atoms with Crippen LogP contribution in [0.4, 0.5) is 0 Å². The highest BCUT2D eigenvalue weighted by Gasteiger charge is 2.30. The lowest BCUT2D eigenvalue weighted by Crippen LogP contribution is -2.23. The molecular formula is C11H19NO2. The molecule has 80 valence electrons. The molecule has 0 spiro atoms. The van der Waals surface area contributed by atoms with Crippen molar-refractivity contribution >= 4 is 5.97 Å². The van der Waals surface area contributed by atoms with E-state index in [9.17, 15) is 4.79 Å². The summed E-state index contributed by atoms with van der Waals surface area (Å²) in [5.41, 5.74) is -0.513. The smallest absolute Gasteiger partial charge is 0.307 e. The molecule has 0 aliphatic heterocycles. The van der Waals surface area contributed by atoms with Crippen LogP contribution in [0.25, 0.3) is 0 Å². The highest BCUT2D eigenvalue weighted by atomic mass is 16.5. The maximum absolute atomic E-state index is 11.3. The first kappa shape index (κ1) is 13.0. The lowest BCUT2D eigenvalue weighted by molar-refractivity contribution is -0.145. The third-order valence-corrected chi connectivity index (χ3v) is 2.43. The standard InChI is InChI=1S/C11H19NO2/c1-4-7-11(5-2,9-12)8-10(13)14-6-3/h4-8H2,1-3H3. The van der Waals surface area contributed by atoms with Crippen molar-refractivity contribution in [3.8, 4) is 6.07 Å². The predicted octanol–water partition coefficient (Wildman–Crippen LogP) is 2.66. The van der Waals surface area contributed by atoms with E-state index < -0.39 is 5.41 Å². The molecule has 3 heteroatoms. The summed E-state index contributed by atoms with van der Waals surface area (Å²) in [6, 6.07) is 2.25. The Morgan fingerprint density at radius 2 is 2.07 bits per heavy atom. The summed E-state index contributed by atoms with van der Waals surface area (Å²) in [6.45, 7) is 6.12. The number of hydrogen-bond acceptors (Lipinski definition) is 3. The maximum atomic E-state index is 11.3. The lowest BCUT2D eigenvalue weighted by atomic mass is 9.79. The van der Waals surface area contributed by atoms with Gasteiger partial charge in [0.15, 0.2) is 0 Å². The van der Waals surface area contributed by atoms with Gasteiger partial charge in [-0.25, -0.2) is 0 Å². The molecule has 0 heterocycles. The van der Waals surface area contributed by atoms with E-state index in [-0.39, 0.29) is 12.4 Å². The number of carbonyl (C=O) groups is 1. The number of nitriles is 1. The minimum Gasteiger partial charge on any atom is -0.466 e. The summed E-state index contributed by atoms with van der Waals surface area (Å²) in [6.07, 6.45) is 2.61. The molecule has 0 N–H and O–H groups in total. The highest BCUT2D eigenvalue weighted by Crippen LogP contribution is 2.31. The fourth-order valence-electron chi connectivity index (χ4n) is 1.53. The van der Waals surface area contributed by atoms with Gasteiger partial charge in [-0.1, -0.05) is 20.3 Å². The summed E-state index contributed by atoms with van der Waals surface area (Å²) < 4.78 is 4.86. The van der Waals surface area contributed by atoms with Gasteiger partial charge in [0.2, 0.25) is 0 Å². The molecule has 0 aromatic carbocycles. The van der Waals surface area contributed by atoms with Crippen molar-refractivity contribution < 1.29 is 9.53 Å². The molecule has 0 aliphatic carbocycles. The van der Waals surface area contributed by atoms with Gasteiger partial charge in [-0.05, 0) is 19.8 Å². The van der Waals surface area contributed by atoms with Crippen LogP contribution in [0.15, 0.2) is 0 Å². The zero-order chi connectivity index (χ0) is 11.0. The summed E-state index contributed by atoms with van der Waals surface area (Å²) in [4.78, 5) is 11.3. The molecule has 3 nitrogen and oxygen atoms in total. The second-order valence-corrected chi connectivity index (χ2v) is 3.48. The molecule has 0 fully saturated rings. The predicted molar refractivity (Wildman–Crippen MR) is 54.5 cm³/mol. The van der Waals surface area contributed by atoms with Gasteiger partial charge in [0.05, 0.1) is 24.5 Å². The van der Waals surface area contributed by atoms with E-state index in [2.05, 4.69) is 6.07 Å². The van der Waals surface area contributed by atoms with Crippen LogP contribution in [0.5, 0.6) is 0 Å². The van der Waals surface area contributed by atoms with Crippen LogP contribution >= 0.6 is 0 Å². The summed E-state index contributed by atoms with van der Waals surface area (Å²) >= 11 is 0. The van der Waals surface area contributed by atoms with Gasteiger partial charge >= 0.3 is 5.97 Å². The Morgan fingerprint density at radius 3 is 2.43 bits per heavy atom. The molecule has 1 unspecified atom stereocenters. The molecule has 14 heavy (non-hydrogen) atoms. The zero-order valence-corrected chi connectivity index (χ0v) is 9.30. The van der Waals surface area contributed by atoms with Crippen LogP contribution < -0.4 is 0 Å². The molecule has 0 aromatic rings. The second kappa shape index (κ2) is 6.42. The average molecular weight is 197 g/mol. The van der Waals surface area contributed by atoms with Gasteiger partial charge in [0.1, 0.15) is 0 Å². The van der Waals surface area contributed by atoms with Gasteiger partial charge in [-0.3, -0.25) is 4.79 Å². The molecule has 0 saturated heterocycles. The van der Waals surface area contributed by atoms with E-state index in [0.717, 1.165) is 12.8 Å². The number of carbonyl (C=O) groups excluding carboxylic acids is 1. The van der Waals surface area contributed by atoms with Gasteiger partial charge in [0, 0.05) is 0 Å². The summed E-state index contributed by atoms with van der Waals surface area (Å²) in [7, 11) is 0. The Bertz CT molecular complexity index is 220. The van der Waals surface area contributed by atoms with E-state index >= 15 is 0 Å². The highest BCUT2D eigenvalue weighted by molar-refractivity contribution is 5.70. The summed E-state index contributed by atoms with van der Waals surface area (Å²) in [5.74, 6) is -0.260. The van der Waals surface area contributed by atoms with Crippen LogP contribution in [0.1, 0.15) is 46.5 Å². The van der Waals surface area contributed by atoms with Gasteiger partial charge in [-0.2, -0.15) is 5.26 Å². The molecule has 0 aromatic heterocycles. The molecular weight excluding hydrogens is 178 g/mol. The third-order valence-electron chi connectivity index (χ3n) is 2.43. The van der Waals surface area contributed by atoms with E-state index in [0.29, 0.717) is 13.0 Å². The molecule has 0 rings (SSSR count).